The van der Waals surface area contributed by atoms with Gasteiger partial charge >= 0.3 is 0 Å². The minimum Gasteiger partial charge on any atom is -0.340 e. The molecule has 0 saturated heterocycles. The molecule has 0 unspecified atom stereocenters. The molecule has 2 rings (SSSR count). The van der Waals surface area contributed by atoms with Crippen molar-refractivity contribution in [3.05, 3.63) is 18.3 Å². The lowest BCUT2D eigenvalue weighted by atomic mass is 10.4. The summed E-state index contributed by atoms with van der Waals surface area (Å²) in [5.74, 6) is 1.06. The summed E-state index contributed by atoms with van der Waals surface area (Å²) in [6.45, 7) is 0.515. The molecule has 0 spiro atoms. The monoisotopic (exact) mass is 193 g/mol. The Balaban J connectivity index is 2.24. The first-order valence-corrected chi connectivity index (χ1v) is 4.30. The Morgan fingerprint density at radius 3 is 3.07 bits per heavy atom. The highest BCUT2D eigenvalue weighted by Gasteiger charge is 2.09. The molecule has 2 aromatic rings. The first-order valence-electron chi connectivity index (χ1n) is 4.30. The first kappa shape index (κ1) is 8.89. The number of aromatic nitrogens is 4. The Kier molecular flexibility index (Phi) is 2.28. The SMILES string of the molecule is Cn1cnc(-c2nc(CCN)no2)c1. The summed E-state index contributed by atoms with van der Waals surface area (Å²) in [5, 5.41) is 3.78. The predicted molar refractivity (Wildman–Crippen MR) is 49.3 cm³/mol. The molecule has 2 heterocycles. The molecule has 0 fully saturated rings. The van der Waals surface area contributed by atoms with Gasteiger partial charge in [0, 0.05) is 19.7 Å². The Morgan fingerprint density at radius 2 is 2.43 bits per heavy atom. The number of hydrogen-bond acceptors (Lipinski definition) is 5. The number of rotatable bonds is 3. The molecule has 0 radical (unpaired) electrons. The van der Waals surface area contributed by atoms with Crippen molar-refractivity contribution in [1.82, 2.24) is 19.7 Å². The van der Waals surface area contributed by atoms with Crippen LogP contribution in [0.15, 0.2) is 17.0 Å². The van der Waals surface area contributed by atoms with Gasteiger partial charge in [-0.2, -0.15) is 4.98 Å². The zero-order chi connectivity index (χ0) is 9.97. The molecule has 0 aliphatic carbocycles. The van der Waals surface area contributed by atoms with E-state index in [-0.39, 0.29) is 0 Å². The fraction of sp³-hybridized carbons (Fsp3) is 0.375. The first-order chi connectivity index (χ1) is 6.79. The van der Waals surface area contributed by atoms with Crippen molar-refractivity contribution in [3.63, 3.8) is 0 Å². The lowest BCUT2D eigenvalue weighted by Gasteiger charge is -1.84. The summed E-state index contributed by atoms with van der Waals surface area (Å²) in [4.78, 5) is 8.24. The van der Waals surface area contributed by atoms with E-state index in [1.807, 2.05) is 17.8 Å². The lowest BCUT2D eigenvalue weighted by Crippen LogP contribution is -2.03. The fourth-order valence-electron chi connectivity index (χ4n) is 1.11. The summed E-state index contributed by atoms with van der Waals surface area (Å²) in [6, 6.07) is 0. The van der Waals surface area contributed by atoms with E-state index in [0.29, 0.717) is 30.4 Å². The molecule has 0 atom stereocenters. The number of nitrogens with two attached hydrogens (primary N) is 1. The highest BCUT2D eigenvalue weighted by Crippen LogP contribution is 2.13. The quantitative estimate of drug-likeness (QED) is 0.740. The van der Waals surface area contributed by atoms with Crippen LogP contribution in [-0.4, -0.2) is 26.2 Å². The maximum Gasteiger partial charge on any atom is 0.278 e. The maximum atomic E-state index is 5.37. The van der Waals surface area contributed by atoms with Crippen LogP contribution in [0.1, 0.15) is 5.82 Å². The number of aryl methyl sites for hydroxylation is 1. The molecule has 6 nitrogen and oxygen atoms in total. The smallest absolute Gasteiger partial charge is 0.278 e. The second kappa shape index (κ2) is 3.59. The van der Waals surface area contributed by atoms with E-state index in [4.69, 9.17) is 10.3 Å². The van der Waals surface area contributed by atoms with Crippen molar-refractivity contribution in [2.45, 2.75) is 6.42 Å². The molecular formula is C8H11N5O. The normalized spacial score (nSPS) is 10.7. The molecule has 0 aromatic carbocycles. The number of imidazole rings is 1. The van der Waals surface area contributed by atoms with Gasteiger partial charge in [0.05, 0.1) is 6.33 Å². The number of nitrogens with zero attached hydrogens (tertiary/aromatic N) is 4. The van der Waals surface area contributed by atoms with Crippen LogP contribution < -0.4 is 5.73 Å². The third-order valence-electron chi connectivity index (χ3n) is 1.76. The van der Waals surface area contributed by atoms with Gasteiger partial charge in [-0.15, -0.1) is 0 Å². The van der Waals surface area contributed by atoms with Gasteiger partial charge in [0.2, 0.25) is 0 Å². The van der Waals surface area contributed by atoms with Gasteiger partial charge in [-0.1, -0.05) is 5.16 Å². The maximum absolute atomic E-state index is 5.37. The van der Waals surface area contributed by atoms with Crippen LogP contribution in [0.25, 0.3) is 11.6 Å². The number of hydrogen-bond donors (Lipinski definition) is 1. The minimum atomic E-state index is 0.439. The molecule has 0 bridgehead atoms. The van der Waals surface area contributed by atoms with Crippen molar-refractivity contribution < 1.29 is 4.52 Å². The van der Waals surface area contributed by atoms with Gasteiger partial charge in [0.15, 0.2) is 5.82 Å². The van der Waals surface area contributed by atoms with Gasteiger partial charge in [0.25, 0.3) is 5.89 Å². The van der Waals surface area contributed by atoms with E-state index in [1.54, 1.807) is 6.33 Å². The summed E-state index contributed by atoms with van der Waals surface area (Å²) in [6.07, 6.45) is 4.12. The van der Waals surface area contributed by atoms with Crippen molar-refractivity contribution in [3.8, 4) is 11.6 Å². The van der Waals surface area contributed by atoms with Crippen LogP contribution >= 0.6 is 0 Å². The topological polar surface area (TPSA) is 82.8 Å². The Labute approximate surface area is 80.7 Å². The van der Waals surface area contributed by atoms with Crippen molar-refractivity contribution >= 4 is 0 Å². The van der Waals surface area contributed by atoms with E-state index in [0.717, 1.165) is 0 Å². The molecule has 14 heavy (non-hydrogen) atoms. The van der Waals surface area contributed by atoms with E-state index < -0.39 is 0 Å². The van der Waals surface area contributed by atoms with Crippen molar-refractivity contribution in [2.24, 2.45) is 12.8 Å². The van der Waals surface area contributed by atoms with E-state index in [1.165, 1.54) is 0 Å². The van der Waals surface area contributed by atoms with Gasteiger partial charge in [-0.3, -0.25) is 0 Å². The van der Waals surface area contributed by atoms with Crippen LogP contribution in [0.5, 0.6) is 0 Å². The van der Waals surface area contributed by atoms with Crippen LogP contribution in [0.4, 0.5) is 0 Å². The molecule has 0 amide bonds. The van der Waals surface area contributed by atoms with E-state index in [9.17, 15) is 0 Å². The zero-order valence-electron chi connectivity index (χ0n) is 7.84. The lowest BCUT2D eigenvalue weighted by molar-refractivity contribution is 0.421. The summed E-state index contributed by atoms with van der Waals surface area (Å²) in [7, 11) is 1.88. The minimum absolute atomic E-state index is 0.439. The second-order valence-electron chi connectivity index (χ2n) is 2.98. The van der Waals surface area contributed by atoms with Gasteiger partial charge in [-0.25, -0.2) is 4.98 Å². The fourth-order valence-corrected chi connectivity index (χ4v) is 1.11. The standard InChI is InChI=1S/C8H11N5O/c1-13-4-6(10-5-13)8-11-7(2-3-9)12-14-8/h4-5H,2-3,9H2,1H3. The Hall–Kier alpha value is -1.69. The molecule has 2 aromatic heterocycles. The van der Waals surface area contributed by atoms with Gasteiger partial charge < -0.3 is 14.8 Å². The highest BCUT2D eigenvalue weighted by atomic mass is 16.5. The zero-order valence-corrected chi connectivity index (χ0v) is 7.84. The summed E-state index contributed by atoms with van der Waals surface area (Å²) in [5.41, 5.74) is 6.05. The van der Waals surface area contributed by atoms with Gasteiger partial charge in [-0.05, 0) is 6.54 Å². The van der Waals surface area contributed by atoms with Crippen LogP contribution in [-0.2, 0) is 13.5 Å². The molecule has 0 aliphatic heterocycles. The largest absolute Gasteiger partial charge is 0.340 e. The molecular weight excluding hydrogens is 182 g/mol. The van der Waals surface area contributed by atoms with Crippen LogP contribution in [0.3, 0.4) is 0 Å². The third-order valence-corrected chi connectivity index (χ3v) is 1.76. The molecule has 6 heteroatoms. The van der Waals surface area contributed by atoms with Gasteiger partial charge in [0.1, 0.15) is 5.69 Å². The Morgan fingerprint density at radius 1 is 1.57 bits per heavy atom. The van der Waals surface area contributed by atoms with Crippen molar-refractivity contribution in [2.75, 3.05) is 6.54 Å². The molecule has 74 valence electrons. The predicted octanol–water partition coefficient (Wildman–Crippen LogP) is -0.0287. The van der Waals surface area contributed by atoms with E-state index in [2.05, 4.69) is 15.1 Å². The summed E-state index contributed by atoms with van der Waals surface area (Å²) >= 11 is 0. The molecule has 0 aliphatic rings. The van der Waals surface area contributed by atoms with Crippen LogP contribution in [0, 0.1) is 0 Å². The second-order valence-corrected chi connectivity index (χ2v) is 2.98. The molecule has 0 saturated carbocycles. The average Bonchev–Trinajstić information content (AvgIpc) is 2.74. The Bertz CT molecular complexity index is 419. The average molecular weight is 193 g/mol. The van der Waals surface area contributed by atoms with E-state index >= 15 is 0 Å². The molecule has 2 N–H and O–H groups in total. The van der Waals surface area contributed by atoms with Crippen molar-refractivity contribution in [1.29, 1.82) is 0 Å². The summed E-state index contributed by atoms with van der Waals surface area (Å²) < 4.78 is 6.85. The van der Waals surface area contributed by atoms with Crippen LogP contribution in [0.2, 0.25) is 0 Å². The highest BCUT2D eigenvalue weighted by molar-refractivity contribution is 5.44. The third kappa shape index (κ3) is 1.64.